The van der Waals surface area contributed by atoms with Crippen molar-refractivity contribution in [3.05, 3.63) is 17.5 Å². The number of hydrogen-bond acceptors (Lipinski definition) is 2. The van der Waals surface area contributed by atoms with Gasteiger partial charge in [0.25, 0.3) is 12.9 Å². The van der Waals surface area contributed by atoms with Crippen molar-refractivity contribution in [1.29, 1.82) is 0 Å². The highest BCUT2D eigenvalue weighted by Gasteiger charge is 2.21. The molecule has 0 unspecified atom stereocenters. The van der Waals surface area contributed by atoms with E-state index in [1.165, 1.54) is 0 Å². The molecule has 0 fully saturated rings. The van der Waals surface area contributed by atoms with Gasteiger partial charge >= 0.3 is 5.97 Å². The molecule has 0 spiro atoms. The molecular weight excluding hydrogens is 303 g/mol. The minimum atomic E-state index is -3.04. The quantitative estimate of drug-likeness (QED) is 0.686. The molecule has 104 valence electrons. The topological polar surface area (TPSA) is 55.1 Å². The molecule has 0 aliphatic carbocycles. The van der Waals surface area contributed by atoms with Crippen LogP contribution in [0.25, 0.3) is 0 Å². The Kier molecular flexibility index (Phi) is 7.69. The number of aromatic nitrogens is 2. The van der Waals surface area contributed by atoms with E-state index < -0.39 is 36.8 Å². The Morgan fingerprint density at radius 3 is 2.17 bits per heavy atom. The van der Waals surface area contributed by atoms with Crippen molar-refractivity contribution in [3.8, 4) is 0 Å². The van der Waals surface area contributed by atoms with E-state index in [0.29, 0.717) is 10.7 Å². The zero-order valence-corrected chi connectivity index (χ0v) is 10.2. The number of halogens is 6. The number of hydrogen-bond donors (Lipinski definition) is 1. The van der Waals surface area contributed by atoms with Crippen LogP contribution in [0.4, 0.5) is 17.6 Å². The van der Waals surface area contributed by atoms with Gasteiger partial charge in [0.1, 0.15) is 17.9 Å². The van der Waals surface area contributed by atoms with Gasteiger partial charge in [-0.25, -0.2) is 17.6 Å². The molecule has 0 saturated heterocycles. The first-order chi connectivity index (χ1) is 8.33. The SMILES string of the molecule is ClCCl.O=C(O)Cn1nc(C(F)F)cc1C(F)F. The summed E-state index contributed by atoms with van der Waals surface area (Å²) in [6.45, 7) is -0.869. The van der Waals surface area contributed by atoms with Gasteiger partial charge in [-0.3, -0.25) is 9.48 Å². The van der Waals surface area contributed by atoms with Crippen LogP contribution in [-0.2, 0) is 11.3 Å². The van der Waals surface area contributed by atoms with Gasteiger partial charge < -0.3 is 5.11 Å². The number of carboxylic acids is 1. The van der Waals surface area contributed by atoms with E-state index in [9.17, 15) is 22.4 Å². The maximum Gasteiger partial charge on any atom is 0.325 e. The van der Waals surface area contributed by atoms with Gasteiger partial charge in [0.05, 0.1) is 5.34 Å². The van der Waals surface area contributed by atoms with Crippen molar-refractivity contribution in [1.82, 2.24) is 9.78 Å². The molecule has 0 atom stereocenters. The van der Waals surface area contributed by atoms with Gasteiger partial charge in [0.2, 0.25) is 0 Å². The maximum absolute atomic E-state index is 12.3. The molecule has 0 saturated carbocycles. The van der Waals surface area contributed by atoms with Crippen LogP contribution in [-0.4, -0.2) is 26.2 Å². The van der Waals surface area contributed by atoms with Gasteiger partial charge in [-0.1, -0.05) is 0 Å². The van der Waals surface area contributed by atoms with Gasteiger partial charge in [-0.2, -0.15) is 5.10 Å². The van der Waals surface area contributed by atoms with Gasteiger partial charge in [0, 0.05) is 0 Å². The fourth-order valence-corrected chi connectivity index (χ4v) is 0.989. The highest BCUT2D eigenvalue weighted by atomic mass is 35.5. The van der Waals surface area contributed by atoms with E-state index in [1.54, 1.807) is 0 Å². The predicted molar refractivity (Wildman–Crippen MR) is 56.3 cm³/mol. The molecule has 0 bridgehead atoms. The summed E-state index contributed by atoms with van der Waals surface area (Å²) in [5, 5.41) is 11.6. The predicted octanol–water partition coefficient (Wildman–Crippen LogP) is 3.26. The van der Waals surface area contributed by atoms with E-state index in [-0.39, 0.29) is 5.34 Å². The van der Waals surface area contributed by atoms with Crippen molar-refractivity contribution in [2.75, 3.05) is 5.34 Å². The van der Waals surface area contributed by atoms with Gasteiger partial charge in [-0.05, 0) is 6.07 Å². The molecule has 1 rings (SSSR count). The minimum absolute atomic E-state index is 0.194. The lowest BCUT2D eigenvalue weighted by Crippen LogP contribution is -2.13. The molecule has 0 aliphatic rings. The monoisotopic (exact) mass is 310 g/mol. The molecule has 1 heterocycles. The van der Waals surface area contributed by atoms with Crippen LogP contribution >= 0.6 is 23.2 Å². The zero-order valence-electron chi connectivity index (χ0n) is 8.66. The Labute approximate surface area is 109 Å². The Bertz CT molecular complexity index is 387. The van der Waals surface area contributed by atoms with Crippen LogP contribution in [0.1, 0.15) is 24.2 Å². The van der Waals surface area contributed by atoms with Crippen LogP contribution in [0.5, 0.6) is 0 Å². The molecule has 0 radical (unpaired) electrons. The lowest BCUT2D eigenvalue weighted by Gasteiger charge is -2.02. The summed E-state index contributed by atoms with van der Waals surface area (Å²) in [6, 6.07) is 0.498. The van der Waals surface area contributed by atoms with Crippen LogP contribution in [0, 0.1) is 0 Å². The second-order valence-electron chi connectivity index (χ2n) is 2.75. The third-order valence-corrected chi connectivity index (χ3v) is 1.56. The van der Waals surface area contributed by atoms with Crippen molar-refractivity contribution < 1.29 is 27.5 Å². The highest BCUT2D eigenvalue weighted by Crippen LogP contribution is 2.24. The van der Waals surface area contributed by atoms with Crippen molar-refractivity contribution >= 4 is 29.2 Å². The molecule has 10 heteroatoms. The molecular formula is C8H8Cl2F4N2O2. The van der Waals surface area contributed by atoms with Gasteiger partial charge in [0.15, 0.2) is 0 Å². The Morgan fingerprint density at radius 2 is 1.83 bits per heavy atom. The fourth-order valence-electron chi connectivity index (χ4n) is 0.989. The normalized spacial score (nSPS) is 10.4. The van der Waals surface area contributed by atoms with E-state index in [1.807, 2.05) is 0 Å². The van der Waals surface area contributed by atoms with Crippen molar-refractivity contribution in [2.24, 2.45) is 0 Å². The zero-order chi connectivity index (χ0) is 14.3. The molecule has 4 nitrogen and oxygen atoms in total. The maximum atomic E-state index is 12.3. The number of aliphatic carboxylic acids is 1. The first-order valence-electron chi connectivity index (χ1n) is 4.31. The van der Waals surface area contributed by atoms with Gasteiger partial charge in [-0.15, -0.1) is 23.2 Å². The highest BCUT2D eigenvalue weighted by molar-refractivity contribution is 6.40. The molecule has 0 aliphatic heterocycles. The molecule has 0 amide bonds. The summed E-state index contributed by atoms with van der Waals surface area (Å²) in [6.07, 6.45) is -6.04. The summed E-state index contributed by atoms with van der Waals surface area (Å²) < 4.78 is 49.1. The summed E-state index contributed by atoms with van der Waals surface area (Å²) in [5.74, 6) is -1.43. The van der Waals surface area contributed by atoms with Crippen molar-refractivity contribution in [2.45, 2.75) is 19.4 Å². The molecule has 1 aromatic heterocycles. The smallest absolute Gasteiger partial charge is 0.325 e. The summed E-state index contributed by atoms with van der Waals surface area (Å²) in [7, 11) is 0. The second kappa shape index (κ2) is 8.15. The number of alkyl halides is 6. The number of carbonyl (C=O) groups is 1. The third-order valence-electron chi connectivity index (χ3n) is 1.56. The van der Waals surface area contributed by atoms with Crippen LogP contribution < -0.4 is 0 Å². The second-order valence-corrected chi connectivity index (χ2v) is 3.56. The molecule has 18 heavy (non-hydrogen) atoms. The van der Waals surface area contributed by atoms with Crippen LogP contribution in [0.3, 0.4) is 0 Å². The summed E-state index contributed by atoms with van der Waals surface area (Å²) in [4.78, 5) is 10.2. The average Bonchev–Trinajstić information content (AvgIpc) is 2.62. The van der Waals surface area contributed by atoms with E-state index >= 15 is 0 Å². The summed E-state index contributed by atoms with van der Waals surface area (Å²) >= 11 is 9.53. The summed E-state index contributed by atoms with van der Waals surface area (Å²) in [5.41, 5.74) is -1.68. The lowest BCUT2D eigenvalue weighted by molar-refractivity contribution is -0.138. The van der Waals surface area contributed by atoms with E-state index in [2.05, 4.69) is 5.10 Å². The lowest BCUT2D eigenvalue weighted by atomic mass is 10.3. The molecule has 1 aromatic rings. The van der Waals surface area contributed by atoms with E-state index in [0.717, 1.165) is 0 Å². The Morgan fingerprint density at radius 1 is 1.33 bits per heavy atom. The number of nitrogens with zero attached hydrogens (tertiary/aromatic N) is 2. The average molecular weight is 311 g/mol. The first kappa shape index (κ1) is 17.0. The largest absolute Gasteiger partial charge is 0.480 e. The Balaban J connectivity index is 0.000000873. The molecule has 0 aromatic carbocycles. The third kappa shape index (κ3) is 5.54. The van der Waals surface area contributed by atoms with Crippen LogP contribution in [0.2, 0.25) is 0 Å². The Hall–Kier alpha value is -1.02. The van der Waals surface area contributed by atoms with E-state index in [4.69, 9.17) is 28.3 Å². The minimum Gasteiger partial charge on any atom is -0.480 e. The number of carboxylic acid groups (broad SMARTS) is 1. The van der Waals surface area contributed by atoms with Crippen LogP contribution in [0.15, 0.2) is 6.07 Å². The first-order valence-corrected chi connectivity index (χ1v) is 5.38. The fraction of sp³-hybridized carbons (Fsp3) is 0.500. The standard InChI is InChI=1S/C7H6F4N2O2.CH2Cl2/c8-6(9)3-1-4(7(10)11)13(12-3)2-5(14)15;2-1-3/h1,6-7H,2H2,(H,14,15);1H2. The van der Waals surface area contributed by atoms with Crippen molar-refractivity contribution in [3.63, 3.8) is 0 Å². The molecule has 1 N–H and O–H groups in total. The number of rotatable bonds is 4.